The minimum Gasteiger partial charge on any atom is -0.493 e. The fraction of sp³-hybridized carbons (Fsp3) is 0.444. The van der Waals surface area contributed by atoms with Gasteiger partial charge in [-0.05, 0) is 25.0 Å². The van der Waals surface area contributed by atoms with Crippen LogP contribution in [0.2, 0.25) is 0 Å². The van der Waals surface area contributed by atoms with Gasteiger partial charge in [0.2, 0.25) is 11.7 Å². The van der Waals surface area contributed by atoms with Crippen LogP contribution in [0, 0.1) is 0 Å². The molecule has 0 spiro atoms. The Morgan fingerprint density at radius 2 is 1.87 bits per heavy atom. The van der Waals surface area contributed by atoms with Crippen molar-refractivity contribution in [3.05, 3.63) is 42.5 Å². The molecule has 0 aliphatic carbocycles. The van der Waals surface area contributed by atoms with Gasteiger partial charge in [0.25, 0.3) is 0 Å². The first-order chi connectivity index (χ1) is 18.9. The van der Waals surface area contributed by atoms with E-state index in [4.69, 9.17) is 24.3 Å². The molecule has 4 aromatic rings. The van der Waals surface area contributed by atoms with Crippen LogP contribution in [0.1, 0.15) is 32.4 Å². The van der Waals surface area contributed by atoms with Crippen molar-refractivity contribution >= 4 is 23.1 Å². The van der Waals surface area contributed by atoms with Crippen molar-refractivity contribution in [2.75, 3.05) is 44.7 Å². The number of hydrogen-bond donors (Lipinski definition) is 3. The summed E-state index contributed by atoms with van der Waals surface area (Å²) in [7, 11) is 4.75. The number of nitrogens with zero attached hydrogens (tertiary/aromatic N) is 6. The van der Waals surface area contributed by atoms with E-state index in [1.165, 1.54) is 0 Å². The van der Waals surface area contributed by atoms with E-state index in [2.05, 4.69) is 40.4 Å². The lowest BCUT2D eigenvalue weighted by atomic mass is 10.2. The van der Waals surface area contributed by atoms with Gasteiger partial charge in [0.1, 0.15) is 17.7 Å². The summed E-state index contributed by atoms with van der Waals surface area (Å²) in [6, 6.07) is 8.12. The molecule has 1 aliphatic heterocycles. The molecule has 1 fully saturated rings. The molecule has 5 rings (SSSR count). The van der Waals surface area contributed by atoms with Gasteiger partial charge in [0.05, 0.1) is 51.6 Å². The van der Waals surface area contributed by atoms with Crippen molar-refractivity contribution in [1.82, 2.24) is 29.5 Å². The Morgan fingerprint density at radius 1 is 1.10 bits per heavy atom. The van der Waals surface area contributed by atoms with Gasteiger partial charge in [-0.3, -0.25) is 0 Å². The number of rotatable bonds is 11. The second-order valence-corrected chi connectivity index (χ2v) is 9.76. The highest BCUT2D eigenvalue weighted by molar-refractivity contribution is 5.74. The number of nitrogens with one attached hydrogen (secondary N) is 2. The number of methoxy groups -OCH3 is 3. The molecule has 4 heterocycles. The van der Waals surface area contributed by atoms with E-state index >= 15 is 0 Å². The fourth-order valence-corrected chi connectivity index (χ4v) is 4.85. The number of imidazole rings is 1. The number of aliphatic hydroxyl groups is 1. The number of aromatic nitrogens is 5. The van der Waals surface area contributed by atoms with Gasteiger partial charge in [-0.15, -0.1) is 5.10 Å². The lowest BCUT2D eigenvalue weighted by molar-refractivity contribution is 0.265. The maximum Gasteiger partial charge on any atom is 0.245 e. The highest BCUT2D eigenvalue weighted by Crippen LogP contribution is 2.39. The summed E-state index contributed by atoms with van der Waals surface area (Å²) in [4.78, 5) is 11.5. The number of anilines is 3. The molecule has 0 saturated carbocycles. The topological polar surface area (TPSA) is 123 Å². The predicted octanol–water partition coefficient (Wildman–Crippen LogP) is 3.14. The van der Waals surface area contributed by atoms with E-state index in [-0.39, 0.29) is 12.6 Å². The SMILES string of the molecule is COc1cc(-n2cnc(Nc3nc(N4CCCC4CO)nn4c(CNC(C)C)ccc34)c2)cc(OC)c1OC. The molecule has 3 aromatic heterocycles. The van der Waals surface area contributed by atoms with Crippen LogP contribution in [0.3, 0.4) is 0 Å². The standard InChI is InChI=1S/C27H36N8O4/c1-17(2)28-13-18-8-9-21-26(31-27(32-35(18)21)34-10-6-7-19(34)15-36)30-24-14-33(16-29-24)20-11-22(37-3)25(39-5)23(12-20)38-4/h8-9,11-12,14,16-17,19,28,36H,6-7,10,13,15H2,1-5H3,(H,30,31,32). The molecule has 1 aliphatic rings. The van der Waals surface area contributed by atoms with Crippen LogP contribution in [-0.4, -0.2) is 75.8 Å². The average Bonchev–Trinajstić information content (AvgIpc) is 3.70. The zero-order chi connectivity index (χ0) is 27.5. The van der Waals surface area contributed by atoms with Crippen molar-refractivity contribution in [3.8, 4) is 22.9 Å². The summed E-state index contributed by atoms with van der Waals surface area (Å²) in [6.07, 6.45) is 5.48. The summed E-state index contributed by atoms with van der Waals surface area (Å²) >= 11 is 0. The second kappa shape index (κ2) is 11.4. The minimum atomic E-state index is 0.00217. The van der Waals surface area contributed by atoms with Gasteiger partial charge in [-0.1, -0.05) is 13.8 Å². The Hall–Kier alpha value is -4.03. The Kier molecular flexibility index (Phi) is 7.75. The van der Waals surface area contributed by atoms with Gasteiger partial charge in [0, 0.05) is 31.3 Å². The summed E-state index contributed by atoms with van der Waals surface area (Å²) in [5.74, 6) is 3.45. The Labute approximate surface area is 227 Å². The predicted molar refractivity (Wildman–Crippen MR) is 149 cm³/mol. The maximum absolute atomic E-state index is 9.93. The third-order valence-corrected chi connectivity index (χ3v) is 6.89. The van der Waals surface area contributed by atoms with Crippen LogP contribution < -0.4 is 29.7 Å². The van der Waals surface area contributed by atoms with Crippen molar-refractivity contribution in [2.45, 2.75) is 45.3 Å². The molecule has 208 valence electrons. The number of ether oxygens (including phenoxy) is 3. The average molecular weight is 537 g/mol. The first-order valence-corrected chi connectivity index (χ1v) is 13.1. The highest BCUT2D eigenvalue weighted by atomic mass is 16.5. The lowest BCUT2D eigenvalue weighted by Crippen LogP contribution is -2.34. The maximum atomic E-state index is 9.93. The van der Waals surface area contributed by atoms with Crippen LogP contribution in [0.15, 0.2) is 36.8 Å². The van der Waals surface area contributed by atoms with Crippen molar-refractivity contribution in [3.63, 3.8) is 0 Å². The largest absolute Gasteiger partial charge is 0.493 e. The Balaban J connectivity index is 1.51. The van der Waals surface area contributed by atoms with E-state index in [1.54, 1.807) is 27.7 Å². The zero-order valence-corrected chi connectivity index (χ0v) is 23.0. The van der Waals surface area contributed by atoms with E-state index in [0.29, 0.717) is 47.4 Å². The third-order valence-electron chi connectivity index (χ3n) is 6.89. The van der Waals surface area contributed by atoms with Crippen molar-refractivity contribution in [2.24, 2.45) is 0 Å². The van der Waals surface area contributed by atoms with Gasteiger partial charge in [-0.2, -0.15) is 4.98 Å². The second-order valence-electron chi connectivity index (χ2n) is 9.76. The smallest absolute Gasteiger partial charge is 0.245 e. The molecule has 1 atom stereocenters. The van der Waals surface area contributed by atoms with Crippen LogP contribution >= 0.6 is 0 Å². The van der Waals surface area contributed by atoms with Gasteiger partial charge < -0.3 is 39.4 Å². The molecular formula is C27H36N8O4. The minimum absolute atomic E-state index is 0.00217. The first kappa shape index (κ1) is 26.6. The van der Waals surface area contributed by atoms with E-state index in [0.717, 1.165) is 36.3 Å². The van der Waals surface area contributed by atoms with Crippen molar-refractivity contribution < 1.29 is 19.3 Å². The van der Waals surface area contributed by atoms with Gasteiger partial charge in [-0.25, -0.2) is 9.50 Å². The molecule has 1 saturated heterocycles. The highest BCUT2D eigenvalue weighted by Gasteiger charge is 2.27. The Bertz CT molecular complexity index is 1410. The monoisotopic (exact) mass is 536 g/mol. The lowest BCUT2D eigenvalue weighted by Gasteiger charge is -2.23. The zero-order valence-electron chi connectivity index (χ0n) is 23.0. The molecule has 0 radical (unpaired) electrons. The summed E-state index contributed by atoms with van der Waals surface area (Å²) in [5, 5.41) is 21.7. The van der Waals surface area contributed by atoms with Crippen LogP contribution in [0.4, 0.5) is 17.6 Å². The molecular weight excluding hydrogens is 500 g/mol. The van der Waals surface area contributed by atoms with Crippen molar-refractivity contribution in [1.29, 1.82) is 0 Å². The van der Waals surface area contributed by atoms with E-state index in [1.807, 2.05) is 33.5 Å². The summed E-state index contributed by atoms with van der Waals surface area (Å²) < 4.78 is 20.2. The van der Waals surface area contributed by atoms with E-state index in [9.17, 15) is 5.11 Å². The number of benzene rings is 1. The number of hydrogen-bond acceptors (Lipinski definition) is 10. The molecule has 1 aromatic carbocycles. The normalized spacial score (nSPS) is 15.4. The third kappa shape index (κ3) is 5.30. The number of aliphatic hydroxyl groups excluding tert-OH is 1. The fourth-order valence-electron chi connectivity index (χ4n) is 4.85. The molecule has 12 heteroatoms. The Morgan fingerprint density at radius 3 is 2.54 bits per heavy atom. The van der Waals surface area contributed by atoms with Crippen LogP contribution in [-0.2, 0) is 6.54 Å². The first-order valence-electron chi connectivity index (χ1n) is 13.1. The quantitative estimate of drug-likeness (QED) is 0.263. The summed E-state index contributed by atoms with van der Waals surface area (Å²) in [6.45, 7) is 5.76. The van der Waals surface area contributed by atoms with Gasteiger partial charge >= 0.3 is 0 Å². The van der Waals surface area contributed by atoms with E-state index < -0.39 is 0 Å². The molecule has 1 unspecified atom stereocenters. The molecule has 3 N–H and O–H groups in total. The molecule has 0 bridgehead atoms. The molecule has 39 heavy (non-hydrogen) atoms. The van der Waals surface area contributed by atoms with Gasteiger partial charge in [0.15, 0.2) is 17.3 Å². The van der Waals surface area contributed by atoms with Crippen LogP contribution in [0.5, 0.6) is 17.2 Å². The molecule has 12 nitrogen and oxygen atoms in total. The summed E-state index contributed by atoms with van der Waals surface area (Å²) in [5.41, 5.74) is 2.65. The van der Waals surface area contributed by atoms with Crippen LogP contribution in [0.25, 0.3) is 11.2 Å². The number of fused-ring (bicyclic) bond motifs is 1. The molecule has 0 amide bonds.